The fourth-order valence-electron chi connectivity index (χ4n) is 2.82. The zero-order chi connectivity index (χ0) is 13.8. The molecule has 0 amide bonds. The molecule has 0 heterocycles. The molecule has 0 bridgehead atoms. The summed E-state index contributed by atoms with van der Waals surface area (Å²) < 4.78 is 5.50. The minimum atomic E-state index is -0.0357. The van der Waals surface area contributed by atoms with Crippen molar-refractivity contribution < 1.29 is 4.74 Å². The Morgan fingerprint density at radius 3 is 2.33 bits per heavy atom. The lowest BCUT2D eigenvalue weighted by Crippen LogP contribution is -2.54. The molecule has 0 atom stereocenters. The zero-order valence-corrected chi connectivity index (χ0v) is 13.0. The SMILES string of the molecule is COC(C)(C)CCN(C)C1(CN)CCC(C)CC1. The second-order valence-electron chi connectivity index (χ2n) is 6.75. The molecule has 108 valence electrons. The van der Waals surface area contributed by atoms with Gasteiger partial charge in [0.15, 0.2) is 0 Å². The summed E-state index contributed by atoms with van der Waals surface area (Å²) in [6.07, 6.45) is 6.17. The minimum Gasteiger partial charge on any atom is -0.379 e. The molecule has 3 nitrogen and oxygen atoms in total. The van der Waals surface area contributed by atoms with Crippen LogP contribution in [0.4, 0.5) is 0 Å². The van der Waals surface area contributed by atoms with Crippen LogP contribution in [0.25, 0.3) is 0 Å². The molecule has 0 aromatic rings. The van der Waals surface area contributed by atoms with E-state index in [9.17, 15) is 0 Å². The van der Waals surface area contributed by atoms with E-state index in [4.69, 9.17) is 10.5 Å². The van der Waals surface area contributed by atoms with Crippen molar-refractivity contribution in [2.75, 3.05) is 27.2 Å². The zero-order valence-electron chi connectivity index (χ0n) is 13.0. The van der Waals surface area contributed by atoms with Crippen LogP contribution in [0.3, 0.4) is 0 Å². The van der Waals surface area contributed by atoms with Gasteiger partial charge in [-0.25, -0.2) is 0 Å². The first kappa shape index (κ1) is 15.9. The van der Waals surface area contributed by atoms with E-state index in [-0.39, 0.29) is 11.1 Å². The van der Waals surface area contributed by atoms with Gasteiger partial charge in [0.2, 0.25) is 0 Å². The maximum atomic E-state index is 6.08. The summed E-state index contributed by atoms with van der Waals surface area (Å²) in [5.41, 5.74) is 6.28. The van der Waals surface area contributed by atoms with Crippen molar-refractivity contribution in [1.29, 1.82) is 0 Å². The van der Waals surface area contributed by atoms with Gasteiger partial charge in [-0.15, -0.1) is 0 Å². The number of hydrogen-bond donors (Lipinski definition) is 1. The average molecular weight is 256 g/mol. The van der Waals surface area contributed by atoms with Gasteiger partial charge in [-0.05, 0) is 58.9 Å². The Morgan fingerprint density at radius 1 is 1.33 bits per heavy atom. The first-order chi connectivity index (χ1) is 8.35. The van der Waals surface area contributed by atoms with E-state index in [2.05, 4.69) is 32.7 Å². The first-order valence-electron chi connectivity index (χ1n) is 7.32. The second-order valence-corrected chi connectivity index (χ2v) is 6.75. The molecule has 0 spiro atoms. The van der Waals surface area contributed by atoms with Crippen molar-refractivity contribution in [3.63, 3.8) is 0 Å². The van der Waals surface area contributed by atoms with Crippen LogP contribution in [0.15, 0.2) is 0 Å². The molecule has 18 heavy (non-hydrogen) atoms. The largest absolute Gasteiger partial charge is 0.379 e. The monoisotopic (exact) mass is 256 g/mol. The van der Waals surface area contributed by atoms with E-state index in [0.29, 0.717) is 0 Å². The molecule has 1 aliphatic carbocycles. The Bertz CT molecular complexity index is 245. The quantitative estimate of drug-likeness (QED) is 0.794. The van der Waals surface area contributed by atoms with E-state index in [1.54, 1.807) is 7.11 Å². The Kier molecular flexibility index (Phi) is 5.63. The highest BCUT2D eigenvalue weighted by molar-refractivity contribution is 4.94. The molecule has 0 aliphatic heterocycles. The summed E-state index contributed by atoms with van der Waals surface area (Å²) in [6, 6.07) is 0. The number of hydrogen-bond acceptors (Lipinski definition) is 3. The molecule has 0 aromatic heterocycles. The maximum absolute atomic E-state index is 6.08. The number of ether oxygens (including phenoxy) is 1. The van der Waals surface area contributed by atoms with Gasteiger partial charge in [-0.1, -0.05) is 6.92 Å². The van der Waals surface area contributed by atoms with Crippen molar-refractivity contribution in [3.05, 3.63) is 0 Å². The van der Waals surface area contributed by atoms with Crippen molar-refractivity contribution in [3.8, 4) is 0 Å². The summed E-state index contributed by atoms with van der Waals surface area (Å²) in [5.74, 6) is 0.869. The van der Waals surface area contributed by atoms with E-state index in [1.165, 1.54) is 25.7 Å². The standard InChI is InChI=1S/C15H32N2O/c1-13-6-8-15(12-16,9-7-13)17(4)11-10-14(2,3)18-5/h13H,6-12,16H2,1-5H3. The van der Waals surface area contributed by atoms with Crippen LogP contribution in [-0.2, 0) is 4.74 Å². The highest BCUT2D eigenvalue weighted by atomic mass is 16.5. The predicted molar refractivity (Wildman–Crippen MR) is 77.8 cm³/mol. The van der Waals surface area contributed by atoms with Gasteiger partial charge in [0.1, 0.15) is 0 Å². The van der Waals surface area contributed by atoms with E-state index in [1.807, 2.05) is 0 Å². The molecule has 1 aliphatic rings. The van der Waals surface area contributed by atoms with Crippen molar-refractivity contribution in [2.45, 2.75) is 64.0 Å². The van der Waals surface area contributed by atoms with Crippen molar-refractivity contribution >= 4 is 0 Å². The summed E-state index contributed by atoms with van der Waals surface area (Å²) in [7, 11) is 4.02. The number of rotatable bonds is 6. The van der Waals surface area contributed by atoms with Gasteiger partial charge in [0.05, 0.1) is 5.60 Å². The van der Waals surface area contributed by atoms with Crippen LogP contribution in [0, 0.1) is 5.92 Å². The third kappa shape index (κ3) is 3.94. The molecular formula is C15H32N2O. The van der Waals surface area contributed by atoms with Gasteiger partial charge in [-0.3, -0.25) is 4.90 Å². The first-order valence-corrected chi connectivity index (χ1v) is 7.32. The van der Waals surface area contributed by atoms with Crippen LogP contribution in [0.1, 0.15) is 52.9 Å². The molecule has 1 fully saturated rings. The van der Waals surface area contributed by atoms with Crippen LogP contribution >= 0.6 is 0 Å². The molecular weight excluding hydrogens is 224 g/mol. The number of nitrogens with two attached hydrogens (primary N) is 1. The lowest BCUT2D eigenvalue weighted by atomic mass is 9.76. The van der Waals surface area contributed by atoms with Gasteiger partial charge in [0, 0.05) is 25.7 Å². The third-order valence-corrected chi connectivity index (χ3v) is 5.00. The van der Waals surface area contributed by atoms with Gasteiger partial charge in [-0.2, -0.15) is 0 Å². The number of likely N-dealkylation sites (N-methyl/N-ethyl adjacent to an activating group) is 1. The summed E-state index contributed by atoms with van der Waals surface area (Å²) >= 11 is 0. The smallest absolute Gasteiger partial charge is 0.0634 e. The Morgan fingerprint density at radius 2 is 1.89 bits per heavy atom. The molecule has 3 heteroatoms. The molecule has 1 rings (SSSR count). The molecule has 0 radical (unpaired) electrons. The number of methoxy groups -OCH3 is 1. The predicted octanol–water partition coefficient (Wildman–Crippen LogP) is 2.64. The average Bonchev–Trinajstić information content (AvgIpc) is 2.37. The van der Waals surface area contributed by atoms with Crippen molar-refractivity contribution in [1.82, 2.24) is 4.90 Å². The lowest BCUT2D eigenvalue weighted by Gasteiger charge is -2.46. The van der Waals surface area contributed by atoms with Gasteiger partial charge >= 0.3 is 0 Å². The Balaban J connectivity index is 2.54. The molecule has 0 saturated heterocycles. The fraction of sp³-hybridized carbons (Fsp3) is 1.00. The fourth-order valence-corrected chi connectivity index (χ4v) is 2.82. The van der Waals surface area contributed by atoms with Crippen LogP contribution < -0.4 is 5.73 Å². The summed E-state index contributed by atoms with van der Waals surface area (Å²) in [4.78, 5) is 2.49. The molecule has 2 N–H and O–H groups in total. The molecule has 0 unspecified atom stereocenters. The summed E-state index contributed by atoms with van der Waals surface area (Å²) in [6.45, 7) is 8.50. The maximum Gasteiger partial charge on any atom is 0.0634 e. The van der Waals surface area contributed by atoms with Gasteiger partial charge < -0.3 is 10.5 Å². The van der Waals surface area contributed by atoms with Crippen LogP contribution in [0.5, 0.6) is 0 Å². The topological polar surface area (TPSA) is 38.5 Å². The highest BCUT2D eigenvalue weighted by Gasteiger charge is 2.36. The van der Waals surface area contributed by atoms with Crippen molar-refractivity contribution in [2.24, 2.45) is 11.7 Å². The lowest BCUT2D eigenvalue weighted by molar-refractivity contribution is -0.00770. The normalized spacial score (nSPS) is 29.8. The Hall–Kier alpha value is -0.120. The van der Waals surface area contributed by atoms with E-state index >= 15 is 0 Å². The molecule has 1 saturated carbocycles. The molecule has 0 aromatic carbocycles. The Labute approximate surface area is 113 Å². The highest BCUT2D eigenvalue weighted by Crippen LogP contribution is 2.35. The van der Waals surface area contributed by atoms with Gasteiger partial charge in [0.25, 0.3) is 0 Å². The number of nitrogens with zero attached hydrogens (tertiary/aromatic N) is 1. The van der Waals surface area contributed by atoms with Crippen LogP contribution in [-0.4, -0.2) is 43.3 Å². The minimum absolute atomic E-state index is 0.0357. The third-order valence-electron chi connectivity index (χ3n) is 5.00. The summed E-state index contributed by atoms with van der Waals surface area (Å²) in [5, 5.41) is 0. The van der Waals surface area contributed by atoms with E-state index < -0.39 is 0 Å². The van der Waals surface area contributed by atoms with Crippen LogP contribution in [0.2, 0.25) is 0 Å². The van der Waals surface area contributed by atoms with E-state index in [0.717, 1.165) is 25.4 Å². The second kappa shape index (κ2) is 6.36.